The maximum Gasteiger partial charge on any atom is 0.277 e. The first-order valence-electron chi connectivity index (χ1n) is 11.6. The van der Waals surface area contributed by atoms with Gasteiger partial charge in [-0.1, -0.05) is 25.1 Å². The van der Waals surface area contributed by atoms with E-state index in [4.69, 9.17) is 9.47 Å². The molecule has 1 aliphatic heterocycles. The van der Waals surface area contributed by atoms with Crippen LogP contribution in [0.25, 0.3) is 10.9 Å². The molecule has 2 heterocycles. The SMILES string of the molecule is CCN1c2cc(OC)c(/C=N\NC(=O)COc3cccc4cccnc34)cc2C(C)CC1(C)C. The summed E-state index contributed by atoms with van der Waals surface area (Å²) in [6, 6.07) is 13.6. The van der Waals surface area contributed by atoms with Crippen molar-refractivity contribution in [3.63, 3.8) is 0 Å². The monoisotopic (exact) mass is 460 g/mol. The molecule has 0 bridgehead atoms. The first kappa shape index (κ1) is 23.5. The lowest BCUT2D eigenvalue weighted by atomic mass is 9.79. The van der Waals surface area contributed by atoms with Gasteiger partial charge in [-0.15, -0.1) is 0 Å². The number of para-hydroxylation sites is 1. The molecule has 34 heavy (non-hydrogen) atoms. The number of hydrazone groups is 1. The fourth-order valence-electron chi connectivity index (χ4n) is 4.95. The minimum atomic E-state index is -0.353. The highest BCUT2D eigenvalue weighted by molar-refractivity contribution is 5.88. The number of carbonyl (C=O) groups is 1. The average Bonchev–Trinajstić information content (AvgIpc) is 2.82. The van der Waals surface area contributed by atoms with Crippen molar-refractivity contribution >= 4 is 28.7 Å². The van der Waals surface area contributed by atoms with E-state index in [0.29, 0.717) is 11.7 Å². The van der Waals surface area contributed by atoms with Crippen LogP contribution in [0.15, 0.2) is 53.8 Å². The molecular formula is C27H32N4O3. The molecule has 0 aliphatic carbocycles. The third kappa shape index (κ3) is 4.69. The molecule has 0 saturated heterocycles. The van der Waals surface area contributed by atoms with Gasteiger partial charge in [-0.25, -0.2) is 5.43 Å². The van der Waals surface area contributed by atoms with Crippen molar-refractivity contribution in [1.82, 2.24) is 10.4 Å². The number of nitrogens with one attached hydrogen (secondary N) is 1. The number of carbonyl (C=O) groups excluding carboxylic acids is 1. The highest BCUT2D eigenvalue weighted by atomic mass is 16.5. The molecule has 0 radical (unpaired) electrons. The maximum absolute atomic E-state index is 12.3. The van der Waals surface area contributed by atoms with Gasteiger partial charge in [0, 0.05) is 41.0 Å². The number of hydrogen-bond donors (Lipinski definition) is 1. The number of anilines is 1. The fraction of sp³-hybridized carbons (Fsp3) is 0.370. The zero-order valence-electron chi connectivity index (χ0n) is 20.5. The number of rotatable bonds is 7. The lowest BCUT2D eigenvalue weighted by molar-refractivity contribution is -0.123. The van der Waals surface area contributed by atoms with E-state index in [0.717, 1.165) is 35.2 Å². The highest BCUT2D eigenvalue weighted by Gasteiger charge is 2.36. The number of nitrogens with zero attached hydrogens (tertiary/aromatic N) is 3. The topological polar surface area (TPSA) is 76.0 Å². The number of amides is 1. The molecule has 0 spiro atoms. The van der Waals surface area contributed by atoms with E-state index in [-0.39, 0.29) is 18.1 Å². The summed E-state index contributed by atoms with van der Waals surface area (Å²) in [5.41, 5.74) is 6.63. The molecule has 1 aromatic heterocycles. The largest absolute Gasteiger partial charge is 0.496 e. The van der Waals surface area contributed by atoms with Gasteiger partial charge < -0.3 is 14.4 Å². The van der Waals surface area contributed by atoms with Gasteiger partial charge in [-0.3, -0.25) is 9.78 Å². The second-order valence-electron chi connectivity index (χ2n) is 9.23. The number of fused-ring (bicyclic) bond motifs is 2. The Morgan fingerprint density at radius 3 is 2.82 bits per heavy atom. The highest BCUT2D eigenvalue weighted by Crippen LogP contribution is 2.45. The predicted octanol–water partition coefficient (Wildman–Crippen LogP) is 4.88. The standard InChI is InChI=1S/C27H32N4O3/c1-6-31-22-14-24(33-5)20(13-21(22)18(2)15-27(31,3)4)16-29-30-25(32)17-34-23-11-7-9-19-10-8-12-28-26(19)23/h7-14,16,18H,6,15,17H2,1-5H3,(H,30,32)/b29-16-. The minimum absolute atomic E-state index is 0.0787. The molecule has 1 atom stereocenters. The lowest BCUT2D eigenvalue weighted by Gasteiger charge is -2.47. The van der Waals surface area contributed by atoms with E-state index in [1.807, 2.05) is 24.3 Å². The molecular weight excluding hydrogens is 428 g/mol. The van der Waals surface area contributed by atoms with E-state index in [1.165, 1.54) is 11.3 Å². The molecule has 7 heteroatoms. The van der Waals surface area contributed by atoms with Gasteiger partial charge in [-0.05, 0) is 56.9 Å². The number of benzene rings is 2. The summed E-state index contributed by atoms with van der Waals surface area (Å²) in [5.74, 6) is 1.33. The Bertz CT molecular complexity index is 1220. The summed E-state index contributed by atoms with van der Waals surface area (Å²) < 4.78 is 11.3. The molecule has 2 aromatic carbocycles. The fourth-order valence-corrected chi connectivity index (χ4v) is 4.95. The first-order valence-corrected chi connectivity index (χ1v) is 11.6. The van der Waals surface area contributed by atoms with Crippen molar-refractivity contribution in [2.75, 3.05) is 25.2 Å². The van der Waals surface area contributed by atoms with Crippen LogP contribution in [0.4, 0.5) is 5.69 Å². The van der Waals surface area contributed by atoms with Gasteiger partial charge in [0.05, 0.1) is 13.3 Å². The van der Waals surface area contributed by atoms with E-state index >= 15 is 0 Å². The lowest BCUT2D eigenvalue weighted by Crippen LogP contribution is -2.48. The molecule has 1 aliphatic rings. The van der Waals surface area contributed by atoms with Crippen LogP contribution in [0.2, 0.25) is 0 Å². The predicted molar refractivity (Wildman–Crippen MR) is 136 cm³/mol. The number of aromatic nitrogens is 1. The van der Waals surface area contributed by atoms with Crippen molar-refractivity contribution in [3.05, 3.63) is 59.8 Å². The Hall–Kier alpha value is -3.61. The van der Waals surface area contributed by atoms with E-state index in [1.54, 1.807) is 25.6 Å². The zero-order valence-corrected chi connectivity index (χ0v) is 20.5. The van der Waals surface area contributed by atoms with Gasteiger partial charge in [0.1, 0.15) is 17.0 Å². The number of methoxy groups -OCH3 is 1. The van der Waals surface area contributed by atoms with Crippen LogP contribution >= 0.6 is 0 Å². The summed E-state index contributed by atoms with van der Waals surface area (Å²) in [7, 11) is 1.65. The van der Waals surface area contributed by atoms with Crippen LogP contribution in [0.5, 0.6) is 11.5 Å². The van der Waals surface area contributed by atoms with Crippen molar-refractivity contribution in [2.45, 2.75) is 45.6 Å². The average molecular weight is 461 g/mol. The zero-order chi connectivity index (χ0) is 24.3. The van der Waals surface area contributed by atoms with Crippen LogP contribution in [0, 0.1) is 0 Å². The van der Waals surface area contributed by atoms with Gasteiger partial charge in [0.25, 0.3) is 5.91 Å². The summed E-state index contributed by atoms with van der Waals surface area (Å²) >= 11 is 0. The van der Waals surface area contributed by atoms with Crippen LogP contribution in [0.3, 0.4) is 0 Å². The van der Waals surface area contributed by atoms with Gasteiger partial charge in [0.15, 0.2) is 6.61 Å². The summed E-state index contributed by atoms with van der Waals surface area (Å²) in [6.45, 7) is 9.75. The molecule has 178 valence electrons. The molecule has 0 fully saturated rings. The van der Waals surface area contributed by atoms with Gasteiger partial charge in [0.2, 0.25) is 0 Å². The molecule has 1 unspecified atom stereocenters. The molecule has 0 saturated carbocycles. The second kappa shape index (κ2) is 9.71. The Kier molecular flexibility index (Phi) is 6.72. The minimum Gasteiger partial charge on any atom is -0.496 e. The number of pyridine rings is 1. The molecule has 4 rings (SSSR count). The molecule has 1 N–H and O–H groups in total. The summed E-state index contributed by atoms with van der Waals surface area (Å²) in [6.07, 6.45) is 4.39. The van der Waals surface area contributed by atoms with E-state index in [9.17, 15) is 4.79 Å². The Morgan fingerprint density at radius 1 is 1.26 bits per heavy atom. The third-order valence-electron chi connectivity index (χ3n) is 6.40. The first-order chi connectivity index (χ1) is 16.3. The molecule has 3 aromatic rings. The third-order valence-corrected chi connectivity index (χ3v) is 6.40. The Balaban J connectivity index is 1.46. The van der Waals surface area contributed by atoms with Crippen LogP contribution < -0.4 is 19.8 Å². The molecule has 7 nitrogen and oxygen atoms in total. The van der Waals surface area contributed by atoms with Crippen molar-refractivity contribution in [1.29, 1.82) is 0 Å². The Labute approximate surface area is 200 Å². The van der Waals surface area contributed by atoms with Crippen molar-refractivity contribution in [2.24, 2.45) is 5.10 Å². The second-order valence-corrected chi connectivity index (χ2v) is 9.23. The van der Waals surface area contributed by atoms with Crippen LogP contribution in [-0.4, -0.2) is 42.9 Å². The molecule has 1 amide bonds. The van der Waals surface area contributed by atoms with Crippen LogP contribution in [0.1, 0.15) is 51.2 Å². The van der Waals surface area contributed by atoms with Gasteiger partial charge in [-0.2, -0.15) is 5.10 Å². The van der Waals surface area contributed by atoms with Crippen molar-refractivity contribution < 1.29 is 14.3 Å². The van der Waals surface area contributed by atoms with Crippen molar-refractivity contribution in [3.8, 4) is 11.5 Å². The van der Waals surface area contributed by atoms with E-state index < -0.39 is 0 Å². The number of hydrogen-bond acceptors (Lipinski definition) is 6. The summed E-state index contributed by atoms with van der Waals surface area (Å²) in [4.78, 5) is 19.1. The van der Waals surface area contributed by atoms with Crippen LogP contribution in [-0.2, 0) is 4.79 Å². The maximum atomic E-state index is 12.3. The Morgan fingerprint density at radius 2 is 2.06 bits per heavy atom. The van der Waals surface area contributed by atoms with E-state index in [2.05, 4.69) is 60.2 Å². The quantitative estimate of drug-likeness (QED) is 0.402. The number of ether oxygens (including phenoxy) is 2. The summed E-state index contributed by atoms with van der Waals surface area (Å²) in [5, 5.41) is 5.11. The smallest absolute Gasteiger partial charge is 0.277 e. The van der Waals surface area contributed by atoms with Gasteiger partial charge >= 0.3 is 0 Å². The normalized spacial score (nSPS) is 17.0.